The van der Waals surface area contributed by atoms with E-state index in [0.29, 0.717) is 17.7 Å². The van der Waals surface area contributed by atoms with Gasteiger partial charge in [-0.2, -0.15) is 0 Å². The Morgan fingerprint density at radius 3 is 2.67 bits per heavy atom. The highest BCUT2D eigenvalue weighted by Gasteiger charge is 2.45. The van der Waals surface area contributed by atoms with E-state index in [1.165, 1.54) is 17.5 Å². The van der Waals surface area contributed by atoms with Crippen molar-refractivity contribution in [1.82, 2.24) is 10.3 Å². The van der Waals surface area contributed by atoms with Gasteiger partial charge in [0.05, 0.1) is 11.7 Å². The molecule has 1 heterocycles. The number of aromatic nitrogens is 1. The van der Waals surface area contributed by atoms with Gasteiger partial charge in [0, 0.05) is 0 Å². The first-order valence-corrected chi connectivity index (χ1v) is 5.46. The number of carboxylic acids is 1. The van der Waals surface area contributed by atoms with E-state index in [1.807, 2.05) is 0 Å². The minimum Gasteiger partial charge on any atom is -0.480 e. The van der Waals surface area contributed by atoms with Gasteiger partial charge in [0.25, 0.3) is 5.91 Å². The van der Waals surface area contributed by atoms with Crippen LogP contribution in [0.5, 0.6) is 0 Å². The summed E-state index contributed by atoms with van der Waals surface area (Å²) in [6, 6.07) is 0. The van der Waals surface area contributed by atoms with Crippen LogP contribution in [0.1, 0.15) is 28.9 Å². The molecule has 0 radical (unpaired) electrons. The van der Waals surface area contributed by atoms with Crippen molar-refractivity contribution in [2.24, 2.45) is 0 Å². The number of nitrogens with one attached hydrogen (secondary N) is 1. The average Bonchev–Trinajstić information content (AvgIpc) is 2.62. The largest absolute Gasteiger partial charge is 0.480 e. The first-order chi connectivity index (χ1) is 7.14. The molecule has 0 saturated heterocycles. The van der Waals surface area contributed by atoms with Gasteiger partial charge >= 0.3 is 5.97 Å². The molecule has 1 aromatic heterocycles. The molecular formula is C9H10N2O3S. The van der Waals surface area contributed by atoms with E-state index < -0.39 is 11.5 Å². The lowest BCUT2D eigenvalue weighted by atomic mass is 9.77. The molecule has 6 heteroatoms. The monoisotopic (exact) mass is 226 g/mol. The summed E-state index contributed by atoms with van der Waals surface area (Å²) in [4.78, 5) is 26.8. The summed E-state index contributed by atoms with van der Waals surface area (Å²) in [6.45, 7) is 0. The number of hydrogen-bond donors (Lipinski definition) is 2. The third kappa shape index (κ3) is 1.72. The number of rotatable bonds is 3. The van der Waals surface area contributed by atoms with Gasteiger partial charge in [-0.05, 0) is 19.3 Å². The topological polar surface area (TPSA) is 79.3 Å². The molecule has 0 aromatic carbocycles. The second kappa shape index (κ2) is 3.62. The molecular weight excluding hydrogens is 216 g/mol. The Bertz CT molecular complexity index is 384. The summed E-state index contributed by atoms with van der Waals surface area (Å²) < 4.78 is 0. The number of thiazole rings is 1. The molecule has 0 spiro atoms. The van der Waals surface area contributed by atoms with E-state index >= 15 is 0 Å². The lowest BCUT2D eigenvalue weighted by Crippen LogP contribution is -2.59. The van der Waals surface area contributed by atoms with Crippen molar-refractivity contribution < 1.29 is 14.7 Å². The number of nitrogens with zero attached hydrogens (tertiary/aromatic N) is 1. The van der Waals surface area contributed by atoms with Crippen LogP contribution in [0.15, 0.2) is 11.7 Å². The quantitative estimate of drug-likeness (QED) is 0.801. The normalized spacial score (nSPS) is 17.9. The summed E-state index contributed by atoms with van der Waals surface area (Å²) in [7, 11) is 0. The van der Waals surface area contributed by atoms with Gasteiger partial charge in [0.2, 0.25) is 0 Å². The highest BCUT2D eigenvalue weighted by Crippen LogP contribution is 2.32. The first-order valence-electron chi connectivity index (χ1n) is 4.58. The SMILES string of the molecule is O=C(NC1(C(=O)O)CCC1)c1cncs1. The second-order valence-electron chi connectivity index (χ2n) is 3.56. The lowest BCUT2D eigenvalue weighted by Gasteiger charge is -2.37. The number of aliphatic carboxylic acids is 1. The molecule has 0 unspecified atom stereocenters. The number of carbonyl (C=O) groups excluding carboxylic acids is 1. The second-order valence-corrected chi connectivity index (χ2v) is 4.45. The minimum absolute atomic E-state index is 0.348. The summed E-state index contributed by atoms with van der Waals surface area (Å²) in [5.41, 5.74) is 0.504. The molecule has 1 fully saturated rings. The van der Waals surface area contributed by atoms with Gasteiger partial charge in [-0.3, -0.25) is 9.78 Å². The summed E-state index contributed by atoms with van der Waals surface area (Å²) in [5.74, 6) is -1.30. The summed E-state index contributed by atoms with van der Waals surface area (Å²) in [6.07, 6.45) is 3.29. The average molecular weight is 226 g/mol. The van der Waals surface area contributed by atoms with Crippen LogP contribution < -0.4 is 5.32 Å². The zero-order chi connectivity index (χ0) is 10.9. The van der Waals surface area contributed by atoms with E-state index in [9.17, 15) is 9.59 Å². The number of hydrogen-bond acceptors (Lipinski definition) is 4. The predicted octanol–water partition coefficient (Wildman–Crippen LogP) is 0.880. The molecule has 1 saturated carbocycles. The molecule has 2 N–H and O–H groups in total. The zero-order valence-electron chi connectivity index (χ0n) is 7.90. The van der Waals surface area contributed by atoms with Crippen LogP contribution in [-0.2, 0) is 4.79 Å². The summed E-state index contributed by atoms with van der Waals surface area (Å²) >= 11 is 1.20. The molecule has 1 amide bonds. The smallest absolute Gasteiger partial charge is 0.329 e. The minimum atomic E-state index is -1.04. The van der Waals surface area contributed by atoms with E-state index in [0.717, 1.165) is 6.42 Å². The Balaban J connectivity index is 2.08. The Kier molecular flexibility index (Phi) is 2.44. The van der Waals surface area contributed by atoms with Gasteiger partial charge in [-0.1, -0.05) is 0 Å². The molecule has 0 atom stereocenters. The van der Waals surface area contributed by atoms with Crippen molar-refractivity contribution in [3.05, 3.63) is 16.6 Å². The number of carboxylic acid groups (broad SMARTS) is 1. The van der Waals surface area contributed by atoms with Gasteiger partial charge in [-0.15, -0.1) is 11.3 Å². The molecule has 1 aromatic rings. The highest BCUT2D eigenvalue weighted by atomic mass is 32.1. The van der Waals surface area contributed by atoms with Crippen LogP contribution in [0.4, 0.5) is 0 Å². The maximum absolute atomic E-state index is 11.6. The van der Waals surface area contributed by atoms with Crippen LogP contribution in [0.2, 0.25) is 0 Å². The van der Waals surface area contributed by atoms with Crippen LogP contribution in [0, 0.1) is 0 Å². The van der Waals surface area contributed by atoms with Crippen molar-refractivity contribution in [3.63, 3.8) is 0 Å². The maximum atomic E-state index is 11.6. The molecule has 0 bridgehead atoms. The molecule has 1 aliphatic rings. The fourth-order valence-electron chi connectivity index (χ4n) is 1.53. The zero-order valence-corrected chi connectivity index (χ0v) is 8.71. The number of amides is 1. The van der Waals surface area contributed by atoms with Crippen molar-refractivity contribution in [2.45, 2.75) is 24.8 Å². The maximum Gasteiger partial charge on any atom is 0.329 e. The molecule has 15 heavy (non-hydrogen) atoms. The molecule has 0 aliphatic heterocycles. The Morgan fingerprint density at radius 1 is 1.53 bits per heavy atom. The van der Waals surface area contributed by atoms with E-state index in [-0.39, 0.29) is 5.91 Å². The fourth-order valence-corrected chi connectivity index (χ4v) is 2.04. The third-order valence-corrected chi connectivity index (χ3v) is 3.40. The van der Waals surface area contributed by atoms with E-state index in [4.69, 9.17) is 5.11 Å². The highest BCUT2D eigenvalue weighted by molar-refractivity contribution is 7.11. The van der Waals surface area contributed by atoms with Crippen LogP contribution in [-0.4, -0.2) is 27.5 Å². The van der Waals surface area contributed by atoms with E-state index in [1.54, 1.807) is 5.51 Å². The van der Waals surface area contributed by atoms with Crippen LogP contribution in [0.3, 0.4) is 0 Å². The molecule has 80 valence electrons. The third-order valence-electron chi connectivity index (χ3n) is 2.63. The van der Waals surface area contributed by atoms with Crippen molar-refractivity contribution in [1.29, 1.82) is 0 Å². The standard InChI is InChI=1S/C9H10N2O3S/c12-7(6-4-10-5-15-6)11-9(8(13)14)2-1-3-9/h4-5H,1-3H2,(H,11,12)(H,13,14). The van der Waals surface area contributed by atoms with Crippen molar-refractivity contribution in [2.75, 3.05) is 0 Å². The first kappa shape index (κ1) is 10.1. The Labute approximate surface area is 90.1 Å². The van der Waals surface area contributed by atoms with Crippen LogP contribution in [0.25, 0.3) is 0 Å². The van der Waals surface area contributed by atoms with Crippen molar-refractivity contribution in [3.8, 4) is 0 Å². The molecule has 5 nitrogen and oxygen atoms in total. The predicted molar refractivity (Wildman–Crippen MR) is 53.8 cm³/mol. The van der Waals surface area contributed by atoms with Gasteiger partial charge in [-0.25, -0.2) is 4.79 Å². The molecule has 2 rings (SSSR count). The van der Waals surface area contributed by atoms with Crippen molar-refractivity contribution >= 4 is 23.2 Å². The van der Waals surface area contributed by atoms with Gasteiger partial charge in [0.15, 0.2) is 0 Å². The number of carbonyl (C=O) groups is 2. The van der Waals surface area contributed by atoms with Gasteiger partial charge < -0.3 is 10.4 Å². The Morgan fingerprint density at radius 2 is 2.27 bits per heavy atom. The summed E-state index contributed by atoms with van der Waals surface area (Å²) in [5, 5.41) is 11.6. The molecule has 1 aliphatic carbocycles. The van der Waals surface area contributed by atoms with Crippen LogP contribution >= 0.6 is 11.3 Å². The fraction of sp³-hybridized carbons (Fsp3) is 0.444. The lowest BCUT2D eigenvalue weighted by molar-refractivity contribution is -0.148. The Hall–Kier alpha value is -1.43. The van der Waals surface area contributed by atoms with E-state index in [2.05, 4.69) is 10.3 Å². The van der Waals surface area contributed by atoms with Gasteiger partial charge in [0.1, 0.15) is 10.4 Å².